The molecule has 33 heavy (non-hydrogen) atoms. The number of H-pyrrole nitrogens is 1. The summed E-state index contributed by atoms with van der Waals surface area (Å²) in [5.74, 6) is -0.805. The first kappa shape index (κ1) is 24.1. The lowest BCUT2D eigenvalue weighted by molar-refractivity contribution is -0.136. The lowest BCUT2D eigenvalue weighted by Gasteiger charge is -2.20. The van der Waals surface area contributed by atoms with Crippen molar-refractivity contribution in [3.8, 4) is 11.5 Å². The van der Waals surface area contributed by atoms with Crippen LogP contribution < -0.4 is 10.5 Å². The summed E-state index contributed by atoms with van der Waals surface area (Å²) in [5.41, 5.74) is 5.20. The molecule has 1 amide bonds. The zero-order chi connectivity index (χ0) is 24.3. The molecule has 1 aromatic heterocycles. The minimum Gasteiger partial charge on any atom is -0.457 e. The molecule has 4 N–H and O–H groups in total. The maximum Gasteiger partial charge on any atom is 0.417 e. The van der Waals surface area contributed by atoms with E-state index in [0.29, 0.717) is 12.3 Å². The average molecular weight is 461 g/mol. The van der Waals surface area contributed by atoms with Gasteiger partial charge in [0.2, 0.25) is 0 Å². The van der Waals surface area contributed by atoms with Gasteiger partial charge in [-0.05, 0) is 31.3 Å². The third-order valence-corrected chi connectivity index (χ3v) is 5.40. The number of alkyl halides is 3. The standard InChI is InChI=1S/C23H26F3N5O2/c1-4-31(5-2)13-14-8-6-7-9-20(14)33-15-10-17(23(24,25)26)16-12-19(29-18(16)11-15)21(32)30(3)22(27)28/h6-12,29H,4-5,13H2,1-3H3,(H3,27,28). The van der Waals surface area contributed by atoms with E-state index in [1.165, 1.54) is 13.1 Å². The number of rotatable bonds is 7. The van der Waals surface area contributed by atoms with E-state index < -0.39 is 23.6 Å². The number of nitrogens with one attached hydrogen (secondary N) is 2. The minimum absolute atomic E-state index is 0.0115. The van der Waals surface area contributed by atoms with E-state index in [2.05, 4.69) is 9.88 Å². The molecule has 0 radical (unpaired) electrons. The molecular weight excluding hydrogens is 435 g/mol. The quantitative estimate of drug-likeness (QED) is 0.348. The van der Waals surface area contributed by atoms with Crippen LogP contribution in [-0.4, -0.2) is 46.8 Å². The van der Waals surface area contributed by atoms with Crippen molar-refractivity contribution in [1.29, 1.82) is 5.41 Å². The predicted molar refractivity (Wildman–Crippen MR) is 120 cm³/mol. The molecule has 0 fully saturated rings. The summed E-state index contributed by atoms with van der Waals surface area (Å²) in [4.78, 5) is 18.2. The lowest BCUT2D eigenvalue weighted by atomic mass is 10.1. The number of hydrogen-bond acceptors (Lipinski definition) is 4. The van der Waals surface area contributed by atoms with Crippen LogP contribution in [0.15, 0.2) is 42.5 Å². The monoisotopic (exact) mass is 461 g/mol. The van der Waals surface area contributed by atoms with Crippen LogP contribution in [0, 0.1) is 5.41 Å². The van der Waals surface area contributed by atoms with Crippen molar-refractivity contribution in [1.82, 2.24) is 14.8 Å². The Morgan fingerprint density at radius 3 is 2.42 bits per heavy atom. The van der Waals surface area contributed by atoms with Gasteiger partial charge in [-0.25, -0.2) is 0 Å². The molecule has 2 aromatic carbocycles. The fourth-order valence-corrected chi connectivity index (χ4v) is 3.46. The molecule has 10 heteroatoms. The minimum atomic E-state index is -4.67. The summed E-state index contributed by atoms with van der Waals surface area (Å²) >= 11 is 0. The molecule has 7 nitrogen and oxygen atoms in total. The van der Waals surface area contributed by atoms with Gasteiger partial charge in [-0.15, -0.1) is 0 Å². The van der Waals surface area contributed by atoms with Crippen LogP contribution in [0.5, 0.6) is 11.5 Å². The van der Waals surface area contributed by atoms with Crippen LogP contribution in [0.25, 0.3) is 10.9 Å². The summed E-state index contributed by atoms with van der Waals surface area (Å²) in [6, 6.07) is 10.6. The number of hydrogen-bond donors (Lipinski definition) is 3. The van der Waals surface area contributed by atoms with E-state index in [9.17, 15) is 18.0 Å². The Morgan fingerprint density at radius 2 is 1.82 bits per heavy atom. The van der Waals surface area contributed by atoms with E-state index in [1.807, 2.05) is 26.0 Å². The van der Waals surface area contributed by atoms with Gasteiger partial charge in [-0.3, -0.25) is 20.0 Å². The van der Waals surface area contributed by atoms with Gasteiger partial charge >= 0.3 is 6.18 Å². The Labute approximate surface area is 189 Å². The van der Waals surface area contributed by atoms with Crippen LogP contribution in [0.2, 0.25) is 0 Å². The van der Waals surface area contributed by atoms with E-state index in [-0.39, 0.29) is 22.3 Å². The summed E-state index contributed by atoms with van der Waals surface area (Å²) in [6.07, 6.45) is -4.67. The third-order valence-electron chi connectivity index (χ3n) is 5.40. The summed E-state index contributed by atoms with van der Waals surface area (Å²) in [7, 11) is 1.27. The number of nitrogens with zero attached hydrogens (tertiary/aromatic N) is 2. The number of fused-ring (bicyclic) bond motifs is 1. The Hall–Kier alpha value is -3.53. The second-order valence-electron chi connectivity index (χ2n) is 7.53. The van der Waals surface area contributed by atoms with Gasteiger partial charge in [0.25, 0.3) is 5.91 Å². The molecule has 0 spiro atoms. The van der Waals surface area contributed by atoms with Gasteiger partial charge in [0, 0.05) is 30.6 Å². The summed E-state index contributed by atoms with van der Waals surface area (Å²) < 4.78 is 47.5. The maximum atomic E-state index is 13.9. The fraction of sp³-hybridized carbons (Fsp3) is 0.304. The maximum absolute atomic E-state index is 13.9. The molecule has 0 bridgehead atoms. The van der Waals surface area contributed by atoms with E-state index in [4.69, 9.17) is 15.9 Å². The highest BCUT2D eigenvalue weighted by atomic mass is 19.4. The summed E-state index contributed by atoms with van der Waals surface area (Å²) in [5, 5.41) is 7.20. The topological polar surface area (TPSA) is 98.4 Å². The first-order chi connectivity index (χ1) is 15.5. The number of aromatic amines is 1. The number of ether oxygens (including phenoxy) is 1. The van der Waals surface area contributed by atoms with Crippen molar-refractivity contribution < 1.29 is 22.7 Å². The number of amides is 1. The Kier molecular flexibility index (Phi) is 6.97. The second-order valence-corrected chi connectivity index (χ2v) is 7.53. The Morgan fingerprint density at radius 1 is 1.15 bits per heavy atom. The zero-order valence-electron chi connectivity index (χ0n) is 18.6. The number of benzene rings is 2. The molecule has 0 aliphatic heterocycles. The van der Waals surface area contributed by atoms with Crippen molar-refractivity contribution in [2.45, 2.75) is 26.6 Å². The first-order valence-corrected chi connectivity index (χ1v) is 10.4. The third kappa shape index (κ3) is 5.28. The van der Waals surface area contributed by atoms with E-state index in [1.54, 1.807) is 12.1 Å². The van der Waals surface area contributed by atoms with Gasteiger partial charge in [0.15, 0.2) is 5.96 Å². The van der Waals surface area contributed by atoms with Crippen LogP contribution in [0.3, 0.4) is 0 Å². The Balaban J connectivity index is 2.05. The number of nitrogens with two attached hydrogens (primary N) is 1. The highest BCUT2D eigenvalue weighted by Gasteiger charge is 2.34. The van der Waals surface area contributed by atoms with Gasteiger partial charge in [-0.2, -0.15) is 13.2 Å². The Bertz CT molecular complexity index is 1170. The predicted octanol–water partition coefficient (Wildman–Crippen LogP) is 4.79. The van der Waals surface area contributed by atoms with Gasteiger partial charge in [0.1, 0.15) is 17.2 Å². The molecule has 0 unspecified atom stereocenters. The van der Waals surface area contributed by atoms with Crippen LogP contribution in [0.4, 0.5) is 13.2 Å². The molecule has 0 atom stereocenters. The van der Waals surface area contributed by atoms with Crippen molar-refractivity contribution in [2.75, 3.05) is 20.1 Å². The second kappa shape index (κ2) is 9.53. The van der Waals surface area contributed by atoms with Crippen molar-refractivity contribution in [3.05, 3.63) is 59.3 Å². The number of carbonyl (C=O) groups is 1. The summed E-state index contributed by atoms with van der Waals surface area (Å²) in [6.45, 7) is 6.30. The number of carbonyl (C=O) groups excluding carboxylic acids is 1. The molecule has 3 rings (SSSR count). The van der Waals surface area contributed by atoms with Crippen molar-refractivity contribution >= 4 is 22.8 Å². The first-order valence-electron chi connectivity index (χ1n) is 10.4. The number of guanidine groups is 1. The van der Waals surface area contributed by atoms with Gasteiger partial charge < -0.3 is 15.5 Å². The number of halogens is 3. The van der Waals surface area contributed by atoms with Crippen molar-refractivity contribution in [3.63, 3.8) is 0 Å². The van der Waals surface area contributed by atoms with E-state index >= 15 is 0 Å². The highest BCUT2D eigenvalue weighted by molar-refractivity contribution is 6.06. The average Bonchev–Trinajstić information content (AvgIpc) is 3.20. The molecule has 0 aliphatic rings. The van der Waals surface area contributed by atoms with Gasteiger partial charge in [-0.1, -0.05) is 32.0 Å². The van der Waals surface area contributed by atoms with Gasteiger partial charge in [0.05, 0.1) is 11.1 Å². The molecule has 0 saturated carbocycles. The smallest absolute Gasteiger partial charge is 0.417 e. The SMILES string of the molecule is CCN(CC)Cc1ccccc1Oc1cc(C(F)(F)F)c2cc(C(=O)N(C)C(=N)N)[nH]c2c1. The van der Waals surface area contributed by atoms with E-state index in [0.717, 1.165) is 35.7 Å². The molecule has 176 valence electrons. The van der Waals surface area contributed by atoms with Crippen LogP contribution in [0.1, 0.15) is 35.5 Å². The molecule has 1 heterocycles. The number of para-hydroxylation sites is 1. The van der Waals surface area contributed by atoms with Crippen LogP contribution in [-0.2, 0) is 12.7 Å². The highest BCUT2D eigenvalue weighted by Crippen LogP contribution is 2.39. The fourth-order valence-electron chi connectivity index (χ4n) is 3.46. The zero-order valence-corrected chi connectivity index (χ0v) is 18.6. The molecule has 0 saturated heterocycles. The molecule has 0 aliphatic carbocycles. The number of aromatic nitrogens is 1. The molecule has 3 aromatic rings. The lowest BCUT2D eigenvalue weighted by Crippen LogP contribution is -2.38. The normalized spacial score (nSPS) is 11.7. The molecular formula is C23H26F3N5O2. The van der Waals surface area contributed by atoms with Crippen molar-refractivity contribution in [2.24, 2.45) is 5.73 Å². The van der Waals surface area contributed by atoms with Crippen LogP contribution >= 0.6 is 0 Å². The largest absolute Gasteiger partial charge is 0.457 e.